The molecule has 0 spiro atoms. The molecule has 5 heterocycles. The van der Waals surface area contributed by atoms with E-state index in [9.17, 15) is 9.59 Å². The van der Waals surface area contributed by atoms with E-state index in [1.54, 1.807) is 19.0 Å². The Hall–Kier alpha value is -2.26. The summed E-state index contributed by atoms with van der Waals surface area (Å²) >= 11 is 5.57. The third kappa shape index (κ3) is 5.26. The molecule has 43 heavy (non-hydrogen) atoms. The molecule has 4 aliphatic rings. The van der Waals surface area contributed by atoms with Gasteiger partial charge < -0.3 is 28.9 Å². The van der Waals surface area contributed by atoms with Crippen LogP contribution in [0.2, 0.25) is 0 Å². The molecule has 2 aromatic heterocycles. The SMILES string of the molecule is CN(C)C(=O)CCc1nc2c(N3CC(N(C)C)C3)nc3c(F)c(Br)c(I)cc3c2n1C1C2CC1N(C(=O)OC(C)(C)C)C2. The number of carbonyl (C=O) groups excluding carboxylic acids is 2. The Labute approximate surface area is 273 Å². The van der Waals surface area contributed by atoms with Crippen LogP contribution in [0.1, 0.15) is 45.5 Å². The number of halogens is 3. The lowest BCUT2D eigenvalue weighted by molar-refractivity contribution is -0.128. The smallest absolute Gasteiger partial charge is 0.410 e. The average molecular weight is 770 g/mol. The van der Waals surface area contributed by atoms with Crippen LogP contribution in [-0.2, 0) is 16.0 Å². The van der Waals surface area contributed by atoms with Crippen LogP contribution in [-0.4, -0.2) is 107 Å². The highest BCUT2D eigenvalue weighted by atomic mass is 127. The van der Waals surface area contributed by atoms with Crippen molar-refractivity contribution in [1.82, 2.24) is 29.2 Å². The predicted molar refractivity (Wildman–Crippen MR) is 176 cm³/mol. The van der Waals surface area contributed by atoms with E-state index in [4.69, 9.17) is 14.7 Å². The molecule has 2 amide bonds. The van der Waals surface area contributed by atoms with E-state index in [2.05, 4.69) is 67.0 Å². The molecule has 10 nitrogen and oxygen atoms in total. The van der Waals surface area contributed by atoms with Crippen LogP contribution in [0.15, 0.2) is 10.5 Å². The Morgan fingerprint density at radius 2 is 1.84 bits per heavy atom. The summed E-state index contributed by atoms with van der Waals surface area (Å²) in [6, 6.07) is 2.19. The maximum atomic E-state index is 15.9. The van der Waals surface area contributed by atoms with Gasteiger partial charge in [0.2, 0.25) is 5.91 Å². The van der Waals surface area contributed by atoms with E-state index < -0.39 is 11.4 Å². The van der Waals surface area contributed by atoms with Crippen molar-refractivity contribution in [3.05, 3.63) is 25.8 Å². The van der Waals surface area contributed by atoms with Gasteiger partial charge in [-0.05, 0) is 85.9 Å². The minimum Gasteiger partial charge on any atom is -0.444 e. The van der Waals surface area contributed by atoms with Gasteiger partial charge >= 0.3 is 6.09 Å². The van der Waals surface area contributed by atoms with Crippen molar-refractivity contribution < 1.29 is 18.7 Å². The molecule has 3 unspecified atom stereocenters. The number of aryl methyl sites for hydroxylation is 1. The number of hydrogen-bond donors (Lipinski definition) is 0. The normalized spacial score (nSPS) is 22.0. The van der Waals surface area contributed by atoms with Crippen LogP contribution < -0.4 is 4.90 Å². The summed E-state index contributed by atoms with van der Waals surface area (Å²) in [6.07, 6.45) is 1.26. The van der Waals surface area contributed by atoms with E-state index in [1.165, 1.54) is 0 Å². The van der Waals surface area contributed by atoms with E-state index in [0.29, 0.717) is 46.6 Å². The molecule has 3 aliphatic heterocycles. The third-order valence-electron chi connectivity index (χ3n) is 8.94. The molecule has 7 rings (SSSR count). The summed E-state index contributed by atoms with van der Waals surface area (Å²) in [5.74, 6) is 1.22. The monoisotopic (exact) mass is 769 g/mol. The highest BCUT2D eigenvalue weighted by molar-refractivity contribution is 14.1. The molecule has 13 heteroatoms. The van der Waals surface area contributed by atoms with Crippen molar-refractivity contribution in [3.63, 3.8) is 0 Å². The number of nitrogens with zero attached hydrogens (tertiary/aromatic N) is 7. The fourth-order valence-electron chi connectivity index (χ4n) is 6.54. The average Bonchev–Trinajstić information content (AvgIpc) is 3.57. The van der Waals surface area contributed by atoms with E-state index in [1.807, 2.05) is 31.7 Å². The number of carbonyl (C=O) groups is 2. The number of benzene rings is 1. The zero-order valence-corrected chi connectivity index (χ0v) is 29.4. The van der Waals surface area contributed by atoms with Crippen LogP contribution >= 0.6 is 38.5 Å². The number of aromatic nitrogens is 3. The van der Waals surface area contributed by atoms with Crippen molar-refractivity contribution >= 4 is 78.3 Å². The molecule has 1 aromatic carbocycles. The summed E-state index contributed by atoms with van der Waals surface area (Å²) in [7, 11) is 7.61. The van der Waals surface area contributed by atoms with Gasteiger partial charge in [0.1, 0.15) is 22.5 Å². The molecule has 0 radical (unpaired) electrons. The predicted octanol–water partition coefficient (Wildman–Crippen LogP) is 5.04. The topological polar surface area (TPSA) is 87.0 Å². The quantitative estimate of drug-likeness (QED) is 0.257. The molecule has 1 aliphatic carbocycles. The Bertz CT molecular complexity index is 1630. The first-order chi connectivity index (χ1) is 20.2. The number of anilines is 1. The first kappa shape index (κ1) is 30.8. The Morgan fingerprint density at radius 1 is 1.14 bits per heavy atom. The molecule has 3 atom stereocenters. The number of rotatable bonds is 6. The van der Waals surface area contributed by atoms with Gasteiger partial charge in [0.15, 0.2) is 11.6 Å². The third-order valence-corrected chi connectivity index (χ3v) is 11.3. The number of amides is 2. The second-order valence-electron chi connectivity index (χ2n) is 13.4. The lowest BCUT2D eigenvalue weighted by Crippen LogP contribution is -2.57. The minimum atomic E-state index is -0.598. The number of ether oxygens (including phenoxy) is 1. The number of fused-ring (bicyclic) bond motifs is 4. The molecular weight excluding hydrogens is 732 g/mol. The van der Waals surface area contributed by atoms with E-state index >= 15 is 4.39 Å². The van der Waals surface area contributed by atoms with Gasteiger partial charge in [0.25, 0.3) is 0 Å². The zero-order valence-electron chi connectivity index (χ0n) is 25.6. The van der Waals surface area contributed by atoms with Gasteiger partial charge in [-0.3, -0.25) is 4.79 Å². The summed E-state index contributed by atoms with van der Waals surface area (Å²) in [5.41, 5.74) is 1.22. The van der Waals surface area contributed by atoms with Crippen molar-refractivity contribution in [2.45, 2.75) is 63.8 Å². The highest BCUT2D eigenvalue weighted by Crippen LogP contribution is 2.52. The summed E-state index contributed by atoms with van der Waals surface area (Å²) < 4.78 is 25.0. The van der Waals surface area contributed by atoms with Crippen LogP contribution in [0.3, 0.4) is 0 Å². The Balaban J connectivity index is 1.54. The van der Waals surface area contributed by atoms with Gasteiger partial charge in [0, 0.05) is 67.5 Å². The summed E-state index contributed by atoms with van der Waals surface area (Å²) in [4.78, 5) is 43.8. The second-order valence-corrected chi connectivity index (χ2v) is 15.4. The van der Waals surface area contributed by atoms with Gasteiger partial charge in [-0.1, -0.05) is 0 Å². The Morgan fingerprint density at radius 3 is 2.47 bits per heavy atom. The minimum absolute atomic E-state index is 0.00914. The largest absolute Gasteiger partial charge is 0.444 e. The molecule has 4 fully saturated rings. The van der Waals surface area contributed by atoms with Gasteiger partial charge in [-0.15, -0.1) is 0 Å². The number of likely N-dealkylation sites (N-methyl/N-ethyl adjacent to an activating group) is 1. The first-order valence-corrected chi connectivity index (χ1v) is 16.5. The van der Waals surface area contributed by atoms with E-state index in [-0.39, 0.29) is 35.5 Å². The fraction of sp³-hybridized carbons (Fsp3) is 0.600. The lowest BCUT2D eigenvalue weighted by Gasteiger charge is -2.43. The number of pyridine rings is 1. The van der Waals surface area contributed by atoms with Crippen molar-refractivity contribution in [2.24, 2.45) is 5.92 Å². The molecule has 0 N–H and O–H groups in total. The van der Waals surface area contributed by atoms with Crippen LogP contribution in [0.4, 0.5) is 15.0 Å². The molecule has 1 saturated carbocycles. The van der Waals surface area contributed by atoms with Crippen LogP contribution in [0, 0.1) is 15.3 Å². The van der Waals surface area contributed by atoms with Gasteiger partial charge in [-0.2, -0.15) is 0 Å². The van der Waals surface area contributed by atoms with Crippen LogP contribution in [0.25, 0.3) is 21.9 Å². The Kier molecular flexibility index (Phi) is 7.84. The fourth-order valence-corrected chi connectivity index (χ4v) is 7.39. The zero-order chi connectivity index (χ0) is 31.1. The molecular formula is C30H38BrFIN7O3. The van der Waals surface area contributed by atoms with Crippen molar-refractivity contribution in [2.75, 3.05) is 52.7 Å². The lowest BCUT2D eigenvalue weighted by atomic mass is 9.79. The first-order valence-electron chi connectivity index (χ1n) is 14.7. The van der Waals surface area contributed by atoms with Crippen molar-refractivity contribution in [1.29, 1.82) is 0 Å². The maximum Gasteiger partial charge on any atom is 0.410 e. The molecule has 3 saturated heterocycles. The second kappa shape index (κ2) is 11.0. The standard InChI is InChI=1S/C30H38BrFIN7O3/c1-30(2,3)43-29(42)39-12-15-10-19(39)26(15)40-20(8-9-21(41)37(6)7)34-25-27(40)17-11-18(33)22(31)23(32)24(17)35-28(25)38-13-16(14-38)36(4)5/h11,15-16,19,26H,8-10,12-14H2,1-7H3. The van der Waals surface area contributed by atoms with Crippen LogP contribution in [0.5, 0.6) is 0 Å². The van der Waals surface area contributed by atoms with Crippen molar-refractivity contribution in [3.8, 4) is 0 Å². The molecule has 3 aromatic rings. The summed E-state index contributed by atoms with van der Waals surface area (Å²) in [6.45, 7) is 7.73. The maximum absolute atomic E-state index is 15.9. The summed E-state index contributed by atoms with van der Waals surface area (Å²) in [5, 5.41) is 0.682. The van der Waals surface area contributed by atoms with Gasteiger partial charge in [-0.25, -0.2) is 19.2 Å². The molecule has 2 bridgehead atoms. The number of hydrogen-bond acceptors (Lipinski definition) is 7. The number of imidazole rings is 1. The van der Waals surface area contributed by atoms with E-state index in [0.717, 1.165) is 34.4 Å². The molecule has 232 valence electrons. The van der Waals surface area contributed by atoms with Gasteiger partial charge in [0.05, 0.1) is 22.1 Å². The highest BCUT2D eigenvalue weighted by Gasteiger charge is 2.56.